The molecule has 1 saturated heterocycles. The molecule has 1 rings (SSSR count). The van der Waals surface area contributed by atoms with Gasteiger partial charge in [-0.25, -0.2) is 0 Å². The molecule has 0 radical (unpaired) electrons. The summed E-state index contributed by atoms with van der Waals surface area (Å²) < 4.78 is 10.1. The summed E-state index contributed by atoms with van der Waals surface area (Å²) >= 11 is 0. The molecule has 0 aromatic rings. The average molecular weight is 257 g/mol. The van der Waals surface area contributed by atoms with Crippen LogP contribution in [0.4, 0.5) is 0 Å². The molecule has 104 valence electrons. The number of ether oxygens (including phenoxy) is 2. The van der Waals surface area contributed by atoms with Crippen molar-refractivity contribution >= 4 is 11.9 Å². The van der Waals surface area contributed by atoms with E-state index in [1.807, 2.05) is 13.8 Å². The molecule has 1 N–H and O–H groups in total. The van der Waals surface area contributed by atoms with Crippen LogP contribution in [0.2, 0.25) is 0 Å². The summed E-state index contributed by atoms with van der Waals surface area (Å²) in [6, 6.07) is 0.0365. The molecule has 18 heavy (non-hydrogen) atoms. The Morgan fingerprint density at radius 2 is 1.39 bits per heavy atom. The van der Waals surface area contributed by atoms with Crippen LogP contribution in [0.3, 0.4) is 0 Å². The van der Waals surface area contributed by atoms with E-state index in [1.165, 1.54) is 0 Å². The van der Waals surface area contributed by atoms with Crippen LogP contribution >= 0.6 is 0 Å². The first kappa shape index (κ1) is 15.0. The summed E-state index contributed by atoms with van der Waals surface area (Å²) in [5.41, 5.74) is 0. The highest BCUT2D eigenvalue weighted by atomic mass is 16.5. The van der Waals surface area contributed by atoms with Gasteiger partial charge >= 0.3 is 11.9 Å². The zero-order valence-electron chi connectivity index (χ0n) is 11.6. The summed E-state index contributed by atoms with van der Waals surface area (Å²) in [5, 5.41) is 3.26. The molecule has 4 atom stereocenters. The quantitative estimate of drug-likeness (QED) is 0.764. The predicted molar refractivity (Wildman–Crippen MR) is 66.9 cm³/mol. The van der Waals surface area contributed by atoms with Gasteiger partial charge in [-0.3, -0.25) is 9.59 Å². The van der Waals surface area contributed by atoms with E-state index in [4.69, 9.17) is 9.47 Å². The Bertz CT molecular complexity index is 277. The van der Waals surface area contributed by atoms with Gasteiger partial charge in [-0.1, -0.05) is 0 Å². The molecule has 5 nitrogen and oxygen atoms in total. The highest BCUT2D eigenvalue weighted by molar-refractivity contribution is 5.77. The third-order valence-corrected chi connectivity index (χ3v) is 3.42. The molecule has 0 amide bonds. The molecule has 0 spiro atoms. The molecule has 1 heterocycles. The maximum absolute atomic E-state index is 11.8. The van der Waals surface area contributed by atoms with Crippen LogP contribution in [-0.2, 0) is 19.1 Å². The Kier molecular flexibility index (Phi) is 5.59. The van der Waals surface area contributed by atoms with Crippen molar-refractivity contribution in [2.24, 2.45) is 11.8 Å². The van der Waals surface area contributed by atoms with E-state index in [-0.39, 0.29) is 35.9 Å². The molecule has 0 aromatic carbocycles. The smallest absolute Gasteiger partial charge is 0.310 e. The van der Waals surface area contributed by atoms with Crippen molar-refractivity contribution in [3.8, 4) is 0 Å². The SMILES string of the molecule is CCOC(=O)[C@H]1C[C@@H](C(=O)OCC)[C@@H](C)N[C@H]1C. The minimum Gasteiger partial charge on any atom is -0.466 e. The fraction of sp³-hybridized carbons (Fsp3) is 0.846. The Hall–Kier alpha value is -1.10. The third-order valence-electron chi connectivity index (χ3n) is 3.42. The Labute approximate surface area is 108 Å². The summed E-state index contributed by atoms with van der Waals surface area (Å²) in [7, 11) is 0. The Morgan fingerprint density at radius 1 is 1.00 bits per heavy atom. The van der Waals surface area contributed by atoms with Crippen LogP contribution in [-0.4, -0.2) is 37.2 Å². The third kappa shape index (κ3) is 3.45. The van der Waals surface area contributed by atoms with Crippen molar-refractivity contribution in [2.45, 2.75) is 46.2 Å². The van der Waals surface area contributed by atoms with Crippen molar-refractivity contribution in [3.05, 3.63) is 0 Å². The Morgan fingerprint density at radius 3 is 1.72 bits per heavy atom. The monoisotopic (exact) mass is 257 g/mol. The first-order valence-corrected chi connectivity index (χ1v) is 6.60. The van der Waals surface area contributed by atoms with Crippen molar-refractivity contribution in [1.29, 1.82) is 0 Å². The fourth-order valence-corrected chi connectivity index (χ4v) is 2.43. The molecule has 0 unspecified atom stereocenters. The first-order valence-electron chi connectivity index (χ1n) is 6.60. The summed E-state index contributed by atoms with van der Waals surface area (Å²) in [4.78, 5) is 23.7. The zero-order chi connectivity index (χ0) is 13.7. The van der Waals surface area contributed by atoms with Gasteiger partial charge in [-0.15, -0.1) is 0 Å². The van der Waals surface area contributed by atoms with Crippen molar-refractivity contribution in [1.82, 2.24) is 5.32 Å². The molecule has 5 heteroatoms. The molecular formula is C13H23NO4. The van der Waals surface area contributed by atoms with Crippen LogP contribution in [0.1, 0.15) is 34.1 Å². The fourth-order valence-electron chi connectivity index (χ4n) is 2.43. The highest BCUT2D eigenvalue weighted by Gasteiger charge is 2.40. The Balaban J connectivity index is 2.71. The van der Waals surface area contributed by atoms with Gasteiger partial charge in [0.25, 0.3) is 0 Å². The molecule has 0 aromatic heterocycles. The second kappa shape index (κ2) is 6.73. The van der Waals surface area contributed by atoms with Crippen LogP contribution in [0, 0.1) is 11.8 Å². The minimum absolute atomic E-state index is 0.0183. The normalized spacial score (nSPS) is 31.8. The van der Waals surface area contributed by atoms with E-state index < -0.39 is 0 Å². The van der Waals surface area contributed by atoms with E-state index in [2.05, 4.69) is 5.32 Å². The van der Waals surface area contributed by atoms with E-state index in [0.717, 1.165) is 0 Å². The van der Waals surface area contributed by atoms with Crippen LogP contribution < -0.4 is 5.32 Å². The number of rotatable bonds is 4. The average Bonchev–Trinajstić information content (AvgIpc) is 2.29. The standard InChI is InChI=1S/C13H23NO4/c1-5-17-12(15)10-7-11(13(16)18-6-2)9(4)14-8(10)3/h8-11,14H,5-7H2,1-4H3/t8-,9+,10-,11+. The van der Waals surface area contributed by atoms with Crippen molar-refractivity contribution in [3.63, 3.8) is 0 Å². The van der Waals surface area contributed by atoms with E-state index in [0.29, 0.717) is 19.6 Å². The lowest BCUT2D eigenvalue weighted by Gasteiger charge is -2.37. The predicted octanol–water partition coefficient (Wildman–Crippen LogP) is 1.12. The maximum atomic E-state index is 11.8. The summed E-state index contributed by atoms with van der Waals surface area (Å²) in [6.45, 7) is 8.18. The van der Waals surface area contributed by atoms with Crippen LogP contribution in [0.15, 0.2) is 0 Å². The number of nitrogens with one attached hydrogen (secondary N) is 1. The number of piperidine rings is 1. The van der Waals surface area contributed by atoms with Gasteiger partial charge in [0, 0.05) is 12.1 Å². The van der Waals surface area contributed by atoms with Crippen molar-refractivity contribution < 1.29 is 19.1 Å². The highest BCUT2D eigenvalue weighted by Crippen LogP contribution is 2.27. The lowest BCUT2D eigenvalue weighted by molar-refractivity contribution is -0.156. The minimum atomic E-state index is -0.282. The molecule has 0 aliphatic carbocycles. The van der Waals surface area contributed by atoms with E-state index >= 15 is 0 Å². The van der Waals surface area contributed by atoms with E-state index in [9.17, 15) is 9.59 Å². The first-order chi connectivity index (χ1) is 8.51. The number of carbonyl (C=O) groups is 2. The van der Waals surface area contributed by atoms with E-state index in [1.54, 1.807) is 13.8 Å². The van der Waals surface area contributed by atoms with Gasteiger partial charge in [0.05, 0.1) is 25.0 Å². The molecule has 0 saturated carbocycles. The lowest BCUT2D eigenvalue weighted by atomic mass is 9.81. The van der Waals surface area contributed by atoms with Crippen LogP contribution in [0.25, 0.3) is 0 Å². The summed E-state index contributed by atoms with van der Waals surface area (Å²) in [5.74, 6) is -1.04. The molecule has 1 aliphatic rings. The summed E-state index contributed by atoms with van der Waals surface area (Å²) in [6.07, 6.45) is 0.493. The van der Waals surface area contributed by atoms with Crippen LogP contribution in [0.5, 0.6) is 0 Å². The van der Waals surface area contributed by atoms with Gasteiger partial charge in [0.1, 0.15) is 0 Å². The zero-order valence-corrected chi connectivity index (χ0v) is 11.6. The maximum Gasteiger partial charge on any atom is 0.310 e. The van der Waals surface area contributed by atoms with Gasteiger partial charge in [0.2, 0.25) is 0 Å². The largest absolute Gasteiger partial charge is 0.466 e. The molecule has 1 aliphatic heterocycles. The second-order valence-electron chi connectivity index (χ2n) is 4.70. The number of esters is 2. The van der Waals surface area contributed by atoms with Gasteiger partial charge < -0.3 is 14.8 Å². The molecular weight excluding hydrogens is 234 g/mol. The molecule has 0 bridgehead atoms. The van der Waals surface area contributed by atoms with Gasteiger partial charge in [0.15, 0.2) is 0 Å². The number of hydrogen-bond acceptors (Lipinski definition) is 5. The number of carbonyl (C=O) groups excluding carboxylic acids is 2. The molecule has 1 fully saturated rings. The number of hydrogen-bond donors (Lipinski definition) is 1. The van der Waals surface area contributed by atoms with Gasteiger partial charge in [-0.2, -0.15) is 0 Å². The van der Waals surface area contributed by atoms with Crippen molar-refractivity contribution in [2.75, 3.05) is 13.2 Å². The second-order valence-corrected chi connectivity index (χ2v) is 4.70. The topological polar surface area (TPSA) is 64.6 Å². The lowest BCUT2D eigenvalue weighted by Crippen LogP contribution is -2.54. The van der Waals surface area contributed by atoms with Gasteiger partial charge in [-0.05, 0) is 34.1 Å².